The number of hydroxylamine groups is 2. The Morgan fingerprint density at radius 1 is 1.17 bits per heavy atom. The third-order valence-electron chi connectivity index (χ3n) is 6.46. The predicted molar refractivity (Wildman–Crippen MR) is 125 cm³/mol. The van der Waals surface area contributed by atoms with Crippen molar-refractivity contribution >= 4 is 35.1 Å². The molecule has 0 radical (unpaired) electrons. The van der Waals surface area contributed by atoms with Gasteiger partial charge in [0.15, 0.2) is 11.7 Å². The summed E-state index contributed by atoms with van der Waals surface area (Å²) in [7, 11) is 0. The van der Waals surface area contributed by atoms with Gasteiger partial charge in [-0.3, -0.25) is 10.0 Å². The molecule has 2 atom stereocenters. The van der Waals surface area contributed by atoms with Crippen molar-refractivity contribution in [1.82, 2.24) is 30.2 Å². The minimum absolute atomic E-state index is 0.0396. The van der Waals surface area contributed by atoms with Gasteiger partial charge in [-0.05, 0) is 59.5 Å². The van der Waals surface area contributed by atoms with Crippen LogP contribution >= 0.6 is 11.6 Å². The van der Waals surface area contributed by atoms with E-state index in [1.165, 1.54) is 35.6 Å². The molecule has 0 saturated carbocycles. The molecule has 0 aliphatic carbocycles. The molecule has 0 unspecified atom stereocenters. The number of amides is 1. The molecule has 0 spiro atoms. The van der Waals surface area contributed by atoms with Gasteiger partial charge in [-0.1, -0.05) is 11.6 Å². The van der Waals surface area contributed by atoms with Gasteiger partial charge < -0.3 is 4.90 Å². The molecule has 1 aromatic carbocycles. The SMILES string of the molecule is O=C1C=C(c2c(-n3cnnn3)ccc(Cl)c2F)C[C@@H]2CC[C@@H](C3=NC(=C4C=CN(O)C=C4)C=N3)N12. The van der Waals surface area contributed by atoms with Crippen LogP contribution in [-0.4, -0.2) is 65.4 Å². The molecule has 4 aliphatic rings. The molecule has 176 valence electrons. The number of hydrogen-bond donors (Lipinski definition) is 1. The Kier molecular flexibility index (Phi) is 5.15. The van der Waals surface area contributed by atoms with E-state index in [2.05, 4.69) is 25.5 Å². The van der Waals surface area contributed by atoms with E-state index in [9.17, 15) is 10.0 Å². The number of amidine groups is 1. The zero-order valence-corrected chi connectivity index (χ0v) is 18.9. The van der Waals surface area contributed by atoms with E-state index in [0.29, 0.717) is 35.6 Å². The van der Waals surface area contributed by atoms with E-state index < -0.39 is 5.82 Å². The first-order chi connectivity index (χ1) is 17.0. The number of allylic oxidation sites excluding steroid dienone is 4. The van der Waals surface area contributed by atoms with Crippen molar-refractivity contribution < 1.29 is 14.4 Å². The van der Waals surface area contributed by atoms with Gasteiger partial charge in [0.2, 0.25) is 5.91 Å². The van der Waals surface area contributed by atoms with Gasteiger partial charge in [-0.15, -0.1) is 5.10 Å². The third kappa shape index (κ3) is 3.69. The molecule has 2 aromatic rings. The molecule has 6 rings (SSSR count). The van der Waals surface area contributed by atoms with E-state index in [4.69, 9.17) is 11.6 Å². The van der Waals surface area contributed by atoms with Crippen LogP contribution in [0.4, 0.5) is 4.39 Å². The molecule has 0 bridgehead atoms. The van der Waals surface area contributed by atoms with Crippen molar-refractivity contribution in [1.29, 1.82) is 0 Å². The average Bonchev–Trinajstić information content (AvgIpc) is 3.62. The van der Waals surface area contributed by atoms with E-state index in [-0.39, 0.29) is 28.6 Å². The van der Waals surface area contributed by atoms with E-state index >= 15 is 4.39 Å². The van der Waals surface area contributed by atoms with Crippen LogP contribution < -0.4 is 0 Å². The van der Waals surface area contributed by atoms with E-state index in [1.54, 1.807) is 29.3 Å². The Morgan fingerprint density at radius 3 is 2.77 bits per heavy atom. The summed E-state index contributed by atoms with van der Waals surface area (Å²) in [5, 5.41) is 21.5. The Balaban J connectivity index is 1.32. The fourth-order valence-corrected chi connectivity index (χ4v) is 5.04. The number of carbonyl (C=O) groups excluding carboxylic acids is 1. The molecule has 1 saturated heterocycles. The number of halogens is 2. The molecule has 1 N–H and O–H groups in total. The minimum Gasteiger partial charge on any atom is -0.326 e. The van der Waals surface area contributed by atoms with Crippen LogP contribution in [0.3, 0.4) is 0 Å². The average molecular weight is 493 g/mol. The fourth-order valence-electron chi connectivity index (χ4n) is 4.89. The van der Waals surface area contributed by atoms with Crippen LogP contribution in [0.1, 0.15) is 24.8 Å². The first-order valence-corrected chi connectivity index (χ1v) is 11.3. The number of carbonyl (C=O) groups is 1. The van der Waals surface area contributed by atoms with Gasteiger partial charge in [0, 0.05) is 35.7 Å². The van der Waals surface area contributed by atoms with Crippen molar-refractivity contribution in [3.63, 3.8) is 0 Å². The second-order valence-electron chi connectivity index (χ2n) is 8.46. The van der Waals surface area contributed by atoms with Crippen LogP contribution in [-0.2, 0) is 4.79 Å². The Labute approximate surface area is 203 Å². The van der Waals surface area contributed by atoms with Gasteiger partial charge in [-0.25, -0.2) is 19.4 Å². The van der Waals surface area contributed by atoms with Crippen molar-refractivity contribution in [2.45, 2.75) is 31.3 Å². The molecule has 35 heavy (non-hydrogen) atoms. The lowest BCUT2D eigenvalue weighted by atomic mass is 9.92. The van der Waals surface area contributed by atoms with E-state index in [0.717, 1.165) is 17.1 Å². The molecule has 1 amide bonds. The fraction of sp³-hybridized carbons (Fsp3) is 0.217. The maximum atomic E-state index is 15.2. The number of tetrazole rings is 1. The van der Waals surface area contributed by atoms with Crippen molar-refractivity contribution in [3.8, 4) is 5.69 Å². The third-order valence-corrected chi connectivity index (χ3v) is 6.75. The lowest BCUT2D eigenvalue weighted by Gasteiger charge is -2.33. The van der Waals surface area contributed by atoms with Gasteiger partial charge in [0.1, 0.15) is 6.33 Å². The number of benzene rings is 1. The molecular weight excluding hydrogens is 475 g/mol. The number of nitrogens with zero attached hydrogens (tertiary/aromatic N) is 8. The van der Waals surface area contributed by atoms with Crippen molar-refractivity contribution in [3.05, 3.63) is 76.8 Å². The summed E-state index contributed by atoms with van der Waals surface area (Å²) in [6, 6.07) is 2.68. The Hall–Kier alpha value is -3.96. The van der Waals surface area contributed by atoms with Gasteiger partial charge in [0.05, 0.1) is 28.7 Å². The van der Waals surface area contributed by atoms with Crippen LogP contribution in [0, 0.1) is 5.82 Å². The summed E-state index contributed by atoms with van der Waals surface area (Å²) in [4.78, 5) is 24.2. The molecule has 12 heteroatoms. The van der Waals surface area contributed by atoms with Gasteiger partial charge >= 0.3 is 0 Å². The highest BCUT2D eigenvalue weighted by Gasteiger charge is 2.43. The van der Waals surface area contributed by atoms with Crippen molar-refractivity contribution in [2.75, 3.05) is 0 Å². The van der Waals surface area contributed by atoms with E-state index in [1.807, 2.05) is 0 Å². The monoisotopic (exact) mass is 492 g/mol. The summed E-state index contributed by atoms with van der Waals surface area (Å²) in [5.74, 6) is -0.275. The topological polar surface area (TPSA) is 112 Å². The smallest absolute Gasteiger partial charge is 0.247 e. The maximum Gasteiger partial charge on any atom is 0.247 e. The highest BCUT2D eigenvalue weighted by molar-refractivity contribution is 6.31. The molecule has 4 aliphatic heterocycles. The molecule has 1 aromatic heterocycles. The highest BCUT2D eigenvalue weighted by Crippen LogP contribution is 2.40. The lowest BCUT2D eigenvalue weighted by molar-refractivity contribution is -0.128. The Bertz CT molecular complexity index is 1390. The standard InChI is InChI=1S/C23H18ClFN8O2/c24-16-2-4-18(32-12-27-29-30-32)21(22(16)25)14-9-15-1-3-19(33(15)20(34)10-14)23-26-11-17(28-23)13-5-7-31(35)8-6-13/h2,4-8,10-12,15,19,35H,1,3,9H2/t15-,19-/m0/s1. The molecule has 5 heterocycles. The summed E-state index contributed by atoms with van der Waals surface area (Å²) in [6.07, 6.45) is 12.8. The minimum atomic E-state index is -0.613. The predicted octanol–water partition coefficient (Wildman–Crippen LogP) is 3.07. The first kappa shape index (κ1) is 21.6. The van der Waals surface area contributed by atoms with Gasteiger partial charge in [0.25, 0.3) is 0 Å². The Morgan fingerprint density at radius 2 is 2.00 bits per heavy atom. The summed E-state index contributed by atoms with van der Waals surface area (Å²) in [6.45, 7) is 0. The number of fused-ring (bicyclic) bond motifs is 1. The van der Waals surface area contributed by atoms with Crippen LogP contribution in [0.15, 0.2) is 70.3 Å². The largest absolute Gasteiger partial charge is 0.326 e. The van der Waals surface area contributed by atoms with Crippen molar-refractivity contribution in [2.24, 2.45) is 9.98 Å². The zero-order valence-electron chi connectivity index (χ0n) is 18.2. The molecule has 10 nitrogen and oxygen atoms in total. The van der Waals surface area contributed by atoms with Gasteiger partial charge in [-0.2, -0.15) is 4.68 Å². The summed E-state index contributed by atoms with van der Waals surface area (Å²) in [5.41, 5.74) is 2.65. The number of hydrogen-bond acceptors (Lipinski definition) is 8. The number of aliphatic imine (C=N–C) groups is 2. The van der Waals surface area contributed by atoms with Crippen LogP contribution in [0.25, 0.3) is 11.3 Å². The molecular formula is C23H18ClFN8O2. The highest BCUT2D eigenvalue weighted by atomic mass is 35.5. The lowest BCUT2D eigenvalue weighted by Crippen LogP contribution is -2.45. The second kappa shape index (κ2) is 8.36. The van der Waals surface area contributed by atoms with Crippen LogP contribution in [0.2, 0.25) is 5.02 Å². The maximum absolute atomic E-state index is 15.2. The number of rotatable bonds is 3. The summed E-state index contributed by atoms with van der Waals surface area (Å²) >= 11 is 6.09. The number of aromatic nitrogens is 4. The molecule has 1 fully saturated rings. The normalized spacial score (nSPS) is 23.3. The van der Waals surface area contributed by atoms with Crippen LogP contribution in [0.5, 0.6) is 0 Å². The quantitative estimate of drug-likeness (QED) is 0.704. The second-order valence-corrected chi connectivity index (χ2v) is 8.86. The summed E-state index contributed by atoms with van der Waals surface area (Å²) < 4.78 is 16.6. The first-order valence-electron chi connectivity index (χ1n) is 10.9. The zero-order chi connectivity index (χ0) is 24.1.